The summed E-state index contributed by atoms with van der Waals surface area (Å²) in [5.74, 6) is -0.770. The molecule has 1 fully saturated rings. The van der Waals surface area contributed by atoms with Crippen molar-refractivity contribution >= 4 is 28.5 Å². The molecule has 204 valence electrons. The Bertz CT molecular complexity index is 1660. The summed E-state index contributed by atoms with van der Waals surface area (Å²) in [5.41, 5.74) is 2.86. The third kappa shape index (κ3) is 5.78. The Hall–Kier alpha value is -4.79. The second-order valence-corrected chi connectivity index (χ2v) is 10.2. The second-order valence-electron chi connectivity index (χ2n) is 10.2. The van der Waals surface area contributed by atoms with Crippen LogP contribution < -0.4 is 5.43 Å². The van der Waals surface area contributed by atoms with Crippen LogP contribution in [0.15, 0.2) is 82.2 Å². The van der Waals surface area contributed by atoms with Gasteiger partial charge in [-0.15, -0.1) is 0 Å². The summed E-state index contributed by atoms with van der Waals surface area (Å²) < 4.78 is 5.72. The van der Waals surface area contributed by atoms with Gasteiger partial charge in [0.05, 0.1) is 28.7 Å². The third-order valence-electron chi connectivity index (χ3n) is 7.14. The van der Waals surface area contributed by atoms with Gasteiger partial charge in [-0.3, -0.25) is 24.5 Å². The summed E-state index contributed by atoms with van der Waals surface area (Å²) in [6.07, 6.45) is 2.89. The quantitative estimate of drug-likeness (QED) is 0.215. The maximum Gasteiger partial charge on any atom is 0.273 e. The maximum absolute atomic E-state index is 13.8. The van der Waals surface area contributed by atoms with E-state index in [0.717, 1.165) is 24.0 Å². The zero-order chi connectivity index (χ0) is 28.4. The van der Waals surface area contributed by atoms with E-state index < -0.39 is 10.8 Å². The summed E-state index contributed by atoms with van der Waals surface area (Å²) in [4.78, 5) is 54.5. The number of amides is 2. The lowest BCUT2D eigenvalue weighted by Gasteiger charge is -2.28. The molecule has 1 saturated carbocycles. The molecule has 0 unspecified atom stereocenters. The molecule has 0 spiro atoms. The fourth-order valence-corrected chi connectivity index (χ4v) is 4.74. The van der Waals surface area contributed by atoms with Crippen LogP contribution in [0.3, 0.4) is 0 Å². The molecule has 9 nitrogen and oxygen atoms in total. The number of nitro benzene ring substituents is 1. The highest BCUT2D eigenvalue weighted by atomic mass is 16.6. The first-order valence-electron chi connectivity index (χ1n) is 13.1. The zero-order valence-electron chi connectivity index (χ0n) is 22.3. The van der Waals surface area contributed by atoms with Crippen molar-refractivity contribution in [3.63, 3.8) is 0 Å². The molecule has 0 bridgehead atoms. The van der Waals surface area contributed by atoms with Crippen LogP contribution in [-0.2, 0) is 17.9 Å². The molecule has 0 N–H and O–H groups in total. The van der Waals surface area contributed by atoms with Gasteiger partial charge in [-0.1, -0.05) is 48.0 Å². The second kappa shape index (κ2) is 11.1. The molecule has 4 aromatic rings. The number of nitrogens with zero attached hydrogens (tertiary/aromatic N) is 3. The molecule has 1 heterocycles. The molecule has 9 heteroatoms. The van der Waals surface area contributed by atoms with E-state index in [1.165, 1.54) is 17.2 Å². The highest BCUT2D eigenvalue weighted by Crippen LogP contribution is 2.30. The van der Waals surface area contributed by atoms with Crippen molar-refractivity contribution in [2.45, 2.75) is 45.8 Å². The number of hydrogen-bond donors (Lipinski definition) is 0. The van der Waals surface area contributed by atoms with Crippen molar-refractivity contribution in [1.82, 2.24) is 9.80 Å². The van der Waals surface area contributed by atoms with Crippen molar-refractivity contribution < 1.29 is 18.9 Å². The largest absolute Gasteiger partial charge is 0.464 e. The molecular weight excluding hydrogens is 510 g/mol. The number of nitro groups is 1. The standard InChI is InChI=1S/C31H29N3O6/c1-20-8-13-28-26(14-20)30(36)24(19-40-28)17-32(16-22-6-4-3-5-7-22)29(35)18-33(25-11-12-25)31(37)23-10-9-21(2)27(15-23)34(38)39/h3-10,13-15,19,25H,11-12,16-18H2,1-2H3. The topological polar surface area (TPSA) is 114 Å². The number of carbonyl (C=O) groups excluding carboxylic acids is 2. The van der Waals surface area contributed by atoms with Crippen LogP contribution >= 0.6 is 0 Å². The number of hydrogen-bond acceptors (Lipinski definition) is 6. The average Bonchev–Trinajstić information content (AvgIpc) is 3.79. The molecule has 1 aliphatic rings. The predicted octanol–water partition coefficient (Wildman–Crippen LogP) is 5.15. The van der Waals surface area contributed by atoms with Crippen LogP contribution in [-0.4, -0.2) is 39.1 Å². The summed E-state index contributed by atoms with van der Waals surface area (Å²) in [7, 11) is 0. The van der Waals surface area contributed by atoms with E-state index in [9.17, 15) is 24.5 Å². The molecule has 0 radical (unpaired) electrons. The Morgan fingerprint density at radius 2 is 1.75 bits per heavy atom. The van der Waals surface area contributed by atoms with E-state index in [-0.39, 0.29) is 48.3 Å². The van der Waals surface area contributed by atoms with E-state index in [2.05, 4.69) is 0 Å². The van der Waals surface area contributed by atoms with Crippen molar-refractivity contribution in [3.05, 3.63) is 121 Å². The van der Waals surface area contributed by atoms with Gasteiger partial charge in [0.1, 0.15) is 12.1 Å². The number of benzene rings is 3. The Morgan fingerprint density at radius 1 is 1.00 bits per heavy atom. The fourth-order valence-electron chi connectivity index (χ4n) is 4.74. The summed E-state index contributed by atoms with van der Waals surface area (Å²) in [5, 5.41) is 11.9. The first kappa shape index (κ1) is 26.8. The van der Waals surface area contributed by atoms with E-state index >= 15 is 0 Å². The summed E-state index contributed by atoms with van der Waals surface area (Å²) in [6, 6.07) is 19.0. The van der Waals surface area contributed by atoms with E-state index in [1.54, 1.807) is 36.1 Å². The Kier molecular flexibility index (Phi) is 7.46. The highest BCUT2D eigenvalue weighted by Gasteiger charge is 2.36. The summed E-state index contributed by atoms with van der Waals surface area (Å²) in [6.45, 7) is 3.52. The molecule has 0 saturated heterocycles. The molecule has 2 amide bonds. The van der Waals surface area contributed by atoms with Crippen molar-refractivity contribution in [3.8, 4) is 0 Å². The Labute approximate surface area is 230 Å². The van der Waals surface area contributed by atoms with Gasteiger partial charge in [0.25, 0.3) is 11.6 Å². The van der Waals surface area contributed by atoms with Gasteiger partial charge in [0.2, 0.25) is 5.91 Å². The molecule has 3 aromatic carbocycles. The Morgan fingerprint density at radius 3 is 2.45 bits per heavy atom. The monoisotopic (exact) mass is 539 g/mol. The fraction of sp³-hybridized carbons (Fsp3) is 0.258. The van der Waals surface area contributed by atoms with Crippen LogP contribution in [0.25, 0.3) is 11.0 Å². The molecule has 0 atom stereocenters. The van der Waals surface area contributed by atoms with Gasteiger partial charge in [0.15, 0.2) is 5.43 Å². The third-order valence-corrected chi connectivity index (χ3v) is 7.14. The maximum atomic E-state index is 13.8. The SMILES string of the molecule is Cc1ccc2occ(CN(Cc3ccccc3)C(=O)CN(C(=O)c3ccc(C)c([N+](=O)[O-])c3)C3CC3)c(=O)c2c1. The number of rotatable bonds is 9. The van der Waals surface area contributed by atoms with Crippen LogP contribution in [0.1, 0.15) is 45.5 Å². The van der Waals surface area contributed by atoms with Gasteiger partial charge in [-0.25, -0.2) is 0 Å². The van der Waals surface area contributed by atoms with E-state index in [0.29, 0.717) is 22.1 Å². The van der Waals surface area contributed by atoms with Crippen molar-refractivity contribution in [1.29, 1.82) is 0 Å². The number of aryl methyl sites for hydroxylation is 2. The first-order valence-corrected chi connectivity index (χ1v) is 13.1. The first-order chi connectivity index (χ1) is 19.2. The van der Waals surface area contributed by atoms with Crippen molar-refractivity contribution in [2.75, 3.05) is 6.54 Å². The minimum absolute atomic E-state index is 0.00262. The zero-order valence-corrected chi connectivity index (χ0v) is 22.3. The molecule has 40 heavy (non-hydrogen) atoms. The smallest absolute Gasteiger partial charge is 0.273 e. The number of carbonyl (C=O) groups is 2. The van der Waals surface area contributed by atoms with Crippen LogP contribution in [0.4, 0.5) is 5.69 Å². The van der Waals surface area contributed by atoms with Gasteiger partial charge < -0.3 is 14.2 Å². The van der Waals surface area contributed by atoms with Crippen molar-refractivity contribution in [2.24, 2.45) is 0 Å². The van der Waals surface area contributed by atoms with E-state index in [1.807, 2.05) is 43.3 Å². The highest BCUT2D eigenvalue weighted by molar-refractivity contribution is 5.97. The minimum atomic E-state index is -0.517. The van der Waals surface area contributed by atoms with Crippen LogP contribution in [0.5, 0.6) is 0 Å². The van der Waals surface area contributed by atoms with Gasteiger partial charge >= 0.3 is 0 Å². The summed E-state index contributed by atoms with van der Waals surface area (Å²) >= 11 is 0. The van der Waals surface area contributed by atoms with Gasteiger partial charge in [-0.2, -0.15) is 0 Å². The molecule has 1 aromatic heterocycles. The van der Waals surface area contributed by atoms with Gasteiger partial charge in [0, 0.05) is 29.8 Å². The van der Waals surface area contributed by atoms with Gasteiger partial charge in [-0.05, 0) is 50.5 Å². The average molecular weight is 540 g/mol. The Balaban J connectivity index is 1.44. The molecule has 5 rings (SSSR count). The lowest BCUT2D eigenvalue weighted by Crippen LogP contribution is -2.44. The van der Waals surface area contributed by atoms with Crippen LogP contribution in [0.2, 0.25) is 0 Å². The van der Waals surface area contributed by atoms with Crippen LogP contribution in [0, 0.1) is 24.0 Å². The molecule has 0 aliphatic heterocycles. The predicted molar refractivity (Wildman–Crippen MR) is 150 cm³/mol. The van der Waals surface area contributed by atoms with E-state index in [4.69, 9.17) is 4.42 Å². The lowest BCUT2D eigenvalue weighted by molar-refractivity contribution is -0.385. The molecule has 1 aliphatic carbocycles. The normalized spacial score (nSPS) is 12.8. The molecular formula is C31H29N3O6. The lowest BCUT2D eigenvalue weighted by atomic mass is 10.1. The minimum Gasteiger partial charge on any atom is -0.464 e. The number of fused-ring (bicyclic) bond motifs is 1.